The lowest BCUT2D eigenvalue weighted by Crippen LogP contribution is -2.13. The molecule has 0 saturated carbocycles. The zero-order valence-corrected chi connectivity index (χ0v) is 15.3. The fourth-order valence-corrected chi connectivity index (χ4v) is 3.52. The molecule has 5 heteroatoms. The number of para-hydroxylation sites is 1. The molecule has 1 amide bonds. The summed E-state index contributed by atoms with van der Waals surface area (Å²) in [6.07, 6.45) is 1.79. The Kier molecular flexibility index (Phi) is 5.12. The van der Waals surface area contributed by atoms with E-state index in [2.05, 4.69) is 15.3 Å². The van der Waals surface area contributed by atoms with Gasteiger partial charge >= 0.3 is 0 Å². The van der Waals surface area contributed by atoms with Crippen molar-refractivity contribution in [3.63, 3.8) is 0 Å². The Hall–Kier alpha value is -3.18. The number of carbonyl (C=O) groups is 1. The van der Waals surface area contributed by atoms with Crippen molar-refractivity contribution in [1.82, 2.24) is 9.97 Å². The van der Waals surface area contributed by atoms with Crippen molar-refractivity contribution in [3.05, 3.63) is 96.3 Å². The minimum Gasteiger partial charge on any atom is -0.321 e. The number of nitrogens with one attached hydrogen (secondary N) is 1. The van der Waals surface area contributed by atoms with Crippen LogP contribution in [-0.4, -0.2) is 15.9 Å². The van der Waals surface area contributed by atoms with Crippen molar-refractivity contribution >= 4 is 34.3 Å². The number of hydrogen-bond donors (Lipinski definition) is 1. The van der Waals surface area contributed by atoms with Crippen molar-refractivity contribution in [2.75, 3.05) is 5.32 Å². The van der Waals surface area contributed by atoms with Crippen LogP contribution in [0.25, 0.3) is 10.9 Å². The van der Waals surface area contributed by atoms with Crippen LogP contribution in [0, 0.1) is 0 Å². The fourth-order valence-electron chi connectivity index (χ4n) is 2.72. The van der Waals surface area contributed by atoms with E-state index in [1.54, 1.807) is 24.0 Å². The summed E-state index contributed by atoms with van der Waals surface area (Å²) >= 11 is 1.66. The zero-order valence-electron chi connectivity index (χ0n) is 14.5. The molecule has 1 N–H and O–H groups in total. The second-order valence-corrected chi connectivity index (χ2v) is 7.00. The lowest BCUT2D eigenvalue weighted by atomic mass is 10.2. The quantitative estimate of drug-likeness (QED) is 0.492. The maximum atomic E-state index is 12.6. The highest BCUT2D eigenvalue weighted by molar-refractivity contribution is 7.98. The first-order chi connectivity index (χ1) is 13.3. The van der Waals surface area contributed by atoms with E-state index >= 15 is 0 Å². The average molecular weight is 371 g/mol. The molecular formula is C22H17N3OS. The van der Waals surface area contributed by atoms with Crippen LogP contribution in [-0.2, 0) is 5.75 Å². The number of amides is 1. The molecule has 0 bridgehead atoms. The standard InChI is InChI=1S/C22H17N3OS/c26-22(20-12-11-17-7-1-2-9-19(17)25-20)24-18-8-5-6-16(14-18)15-27-21-10-3-4-13-23-21/h1-14H,15H2,(H,24,26). The number of rotatable bonds is 5. The van der Waals surface area contributed by atoms with Crippen LogP contribution in [0.3, 0.4) is 0 Å². The number of thioether (sulfide) groups is 1. The molecule has 0 atom stereocenters. The monoisotopic (exact) mass is 371 g/mol. The van der Waals surface area contributed by atoms with Crippen LogP contribution in [0.15, 0.2) is 90.1 Å². The van der Waals surface area contributed by atoms with Gasteiger partial charge in [0.2, 0.25) is 0 Å². The molecule has 0 unspecified atom stereocenters. The average Bonchev–Trinajstić information content (AvgIpc) is 2.73. The van der Waals surface area contributed by atoms with Crippen molar-refractivity contribution in [2.45, 2.75) is 10.8 Å². The molecule has 0 aliphatic heterocycles. The molecule has 0 saturated heterocycles. The van der Waals surface area contributed by atoms with Crippen molar-refractivity contribution < 1.29 is 4.79 Å². The van der Waals surface area contributed by atoms with Gasteiger partial charge in [-0.25, -0.2) is 9.97 Å². The Labute approximate surface area is 161 Å². The minimum absolute atomic E-state index is 0.213. The molecule has 0 aliphatic rings. The van der Waals surface area contributed by atoms with Gasteiger partial charge in [0.25, 0.3) is 5.91 Å². The first kappa shape index (κ1) is 17.2. The lowest BCUT2D eigenvalue weighted by Gasteiger charge is -2.08. The molecule has 0 aliphatic carbocycles. The number of benzene rings is 2. The van der Waals surface area contributed by atoms with Gasteiger partial charge in [-0.2, -0.15) is 0 Å². The van der Waals surface area contributed by atoms with Crippen LogP contribution in [0.2, 0.25) is 0 Å². The first-order valence-electron chi connectivity index (χ1n) is 8.58. The van der Waals surface area contributed by atoms with E-state index < -0.39 is 0 Å². The highest BCUT2D eigenvalue weighted by Crippen LogP contribution is 2.22. The SMILES string of the molecule is O=C(Nc1cccc(CSc2ccccn2)c1)c1ccc2ccccc2n1. The Morgan fingerprint density at radius 1 is 0.926 bits per heavy atom. The van der Waals surface area contributed by atoms with Crippen LogP contribution >= 0.6 is 11.8 Å². The van der Waals surface area contributed by atoms with Crippen molar-refractivity contribution in [1.29, 1.82) is 0 Å². The van der Waals surface area contributed by atoms with Crippen LogP contribution in [0.4, 0.5) is 5.69 Å². The van der Waals surface area contributed by atoms with Gasteiger partial charge in [0.1, 0.15) is 5.69 Å². The number of pyridine rings is 2. The highest BCUT2D eigenvalue weighted by Gasteiger charge is 2.09. The van der Waals surface area contributed by atoms with Gasteiger partial charge in [0.05, 0.1) is 10.5 Å². The van der Waals surface area contributed by atoms with E-state index in [1.165, 1.54) is 0 Å². The summed E-state index contributed by atoms with van der Waals surface area (Å²) in [7, 11) is 0. The number of hydrogen-bond acceptors (Lipinski definition) is 4. The second kappa shape index (κ2) is 8.01. The topological polar surface area (TPSA) is 54.9 Å². The van der Waals surface area contributed by atoms with Gasteiger partial charge in [0, 0.05) is 23.0 Å². The molecule has 27 heavy (non-hydrogen) atoms. The summed E-state index contributed by atoms with van der Waals surface area (Å²) in [5.74, 6) is 0.574. The molecule has 0 fully saturated rings. The maximum absolute atomic E-state index is 12.6. The predicted octanol–water partition coefficient (Wildman–Crippen LogP) is 5.17. The third-order valence-corrected chi connectivity index (χ3v) is 5.06. The van der Waals surface area contributed by atoms with Crippen molar-refractivity contribution in [3.8, 4) is 0 Å². The van der Waals surface area contributed by atoms with Crippen molar-refractivity contribution in [2.24, 2.45) is 0 Å². The number of aromatic nitrogens is 2. The highest BCUT2D eigenvalue weighted by atomic mass is 32.2. The summed E-state index contributed by atoms with van der Waals surface area (Å²) < 4.78 is 0. The molecule has 4 nitrogen and oxygen atoms in total. The van der Waals surface area contributed by atoms with Crippen LogP contribution in [0.5, 0.6) is 0 Å². The summed E-state index contributed by atoms with van der Waals surface area (Å²) in [4.78, 5) is 21.3. The van der Waals surface area contributed by atoms with E-state index in [4.69, 9.17) is 0 Å². The normalized spacial score (nSPS) is 10.7. The van der Waals surface area contributed by atoms with E-state index in [9.17, 15) is 4.79 Å². The van der Waals surface area contributed by atoms with Gasteiger partial charge in [-0.05, 0) is 42.0 Å². The third kappa shape index (κ3) is 4.33. The molecule has 2 heterocycles. The largest absolute Gasteiger partial charge is 0.321 e. The zero-order chi connectivity index (χ0) is 18.5. The maximum Gasteiger partial charge on any atom is 0.274 e. The van der Waals surface area contributed by atoms with Gasteiger partial charge in [-0.3, -0.25) is 4.79 Å². The smallest absolute Gasteiger partial charge is 0.274 e. The van der Waals surface area contributed by atoms with E-state index in [0.717, 1.165) is 32.9 Å². The molecule has 2 aromatic carbocycles. The number of anilines is 1. The van der Waals surface area contributed by atoms with Gasteiger partial charge in [0.15, 0.2) is 0 Å². The van der Waals surface area contributed by atoms with E-state index in [0.29, 0.717) is 5.69 Å². The molecular weight excluding hydrogens is 354 g/mol. The second-order valence-electron chi connectivity index (χ2n) is 6.00. The summed E-state index contributed by atoms with van der Waals surface area (Å²) in [6, 6.07) is 25.1. The number of fused-ring (bicyclic) bond motifs is 1. The first-order valence-corrected chi connectivity index (χ1v) is 9.56. The summed E-state index contributed by atoms with van der Waals surface area (Å²) in [5.41, 5.74) is 3.09. The number of nitrogens with zero attached hydrogens (tertiary/aromatic N) is 2. The van der Waals surface area contributed by atoms with Crippen LogP contribution in [0.1, 0.15) is 16.1 Å². The van der Waals surface area contributed by atoms with E-state index in [-0.39, 0.29) is 5.91 Å². The Morgan fingerprint density at radius 2 is 1.81 bits per heavy atom. The van der Waals surface area contributed by atoms with Crippen LogP contribution < -0.4 is 5.32 Å². The van der Waals surface area contributed by atoms with Gasteiger partial charge in [-0.1, -0.05) is 42.5 Å². The Morgan fingerprint density at radius 3 is 2.70 bits per heavy atom. The van der Waals surface area contributed by atoms with Gasteiger partial charge < -0.3 is 5.32 Å². The Bertz CT molecular complexity index is 1080. The number of carbonyl (C=O) groups excluding carboxylic acids is 1. The predicted molar refractivity (Wildman–Crippen MR) is 110 cm³/mol. The molecule has 0 radical (unpaired) electrons. The summed E-state index contributed by atoms with van der Waals surface area (Å²) in [5, 5.41) is 4.93. The lowest BCUT2D eigenvalue weighted by molar-refractivity contribution is 0.102. The molecule has 0 spiro atoms. The Balaban J connectivity index is 1.46. The molecule has 132 valence electrons. The molecule has 2 aromatic heterocycles. The minimum atomic E-state index is -0.213. The third-order valence-electron chi connectivity index (χ3n) is 4.04. The molecule has 4 aromatic rings. The molecule has 4 rings (SSSR count). The van der Waals surface area contributed by atoms with Gasteiger partial charge in [-0.15, -0.1) is 11.8 Å². The summed E-state index contributed by atoms with van der Waals surface area (Å²) in [6.45, 7) is 0. The fraction of sp³-hybridized carbons (Fsp3) is 0.0455. The van der Waals surface area contributed by atoms with E-state index in [1.807, 2.05) is 72.8 Å².